The zero-order valence-electron chi connectivity index (χ0n) is 37.5. The average Bonchev–Trinajstić information content (AvgIpc) is 3.55. The molecule has 3 aliphatic carbocycles. The summed E-state index contributed by atoms with van der Waals surface area (Å²) in [6, 6.07) is 6.45. The minimum atomic E-state index is -0.102. The van der Waals surface area contributed by atoms with Gasteiger partial charge in [-0.25, -0.2) is 0 Å². The van der Waals surface area contributed by atoms with E-state index in [0.29, 0.717) is 36.3 Å². The monoisotopic (exact) mass is 797 g/mol. The summed E-state index contributed by atoms with van der Waals surface area (Å²) in [5.74, 6) is 2.43. The first-order valence-corrected chi connectivity index (χ1v) is 24.6. The van der Waals surface area contributed by atoms with E-state index < -0.39 is 0 Å². The van der Waals surface area contributed by atoms with Crippen LogP contribution in [0.25, 0.3) is 0 Å². The minimum Gasteiger partial charge on any atom is -0.462 e. The summed E-state index contributed by atoms with van der Waals surface area (Å²) >= 11 is 0. The van der Waals surface area contributed by atoms with Gasteiger partial charge in [0, 0.05) is 18.3 Å². The van der Waals surface area contributed by atoms with Crippen molar-refractivity contribution in [3.8, 4) is 5.75 Å². The molecule has 2 fully saturated rings. The molecule has 0 spiro atoms. The number of fused-ring (bicyclic) bond motifs is 5. The van der Waals surface area contributed by atoms with Crippen LogP contribution in [-0.2, 0) is 20.7 Å². The predicted octanol–water partition coefficient (Wildman–Crippen LogP) is 16.0. The minimum absolute atomic E-state index is 0.0196. The number of carbonyl (C=O) groups excluding carboxylic acids is 2. The van der Waals surface area contributed by atoms with Gasteiger partial charge in [0.2, 0.25) is 0 Å². The van der Waals surface area contributed by atoms with Gasteiger partial charge in [-0.3, -0.25) is 9.59 Å². The third kappa shape index (κ3) is 17.0. The molecule has 0 aliphatic heterocycles. The summed E-state index contributed by atoms with van der Waals surface area (Å²) in [5.41, 5.74) is 2.92. The van der Waals surface area contributed by atoms with Crippen molar-refractivity contribution >= 4 is 11.9 Å². The molecule has 0 aromatic heterocycles. The Morgan fingerprint density at radius 3 is 1.74 bits per heavy atom. The van der Waals surface area contributed by atoms with Crippen molar-refractivity contribution in [2.75, 3.05) is 0 Å². The van der Waals surface area contributed by atoms with Crippen LogP contribution in [0.1, 0.15) is 224 Å². The molecule has 0 radical (unpaired) electrons. The number of carbonyl (C=O) groups is 2. The summed E-state index contributed by atoms with van der Waals surface area (Å²) in [6.07, 6.45) is 52.3. The van der Waals surface area contributed by atoms with Crippen molar-refractivity contribution in [2.45, 2.75) is 225 Å². The number of rotatable bonds is 30. The topological polar surface area (TPSA) is 52.6 Å². The van der Waals surface area contributed by atoms with Gasteiger partial charge in [0.05, 0.1) is 0 Å². The lowest BCUT2D eigenvalue weighted by Gasteiger charge is -2.50. The summed E-state index contributed by atoms with van der Waals surface area (Å²) in [7, 11) is 0. The van der Waals surface area contributed by atoms with E-state index in [-0.39, 0.29) is 23.5 Å². The third-order valence-electron chi connectivity index (χ3n) is 13.8. The van der Waals surface area contributed by atoms with Gasteiger partial charge in [0.25, 0.3) is 0 Å². The molecule has 1 aromatic rings. The Bertz CT molecular complexity index is 1420. The fraction of sp³-hybridized carbons (Fsp3) is 0.704. The lowest BCUT2D eigenvalue weighted by Crippen LogP contribution is -2.45. The van der Waals surface area contributed by atoms with Gasteiger partial charge >= 0.3 is 11.9 Å². The molecule has 0 amide bonds. The highest BCUT2D eigenvalue weighted by molar-refractivity contribution is 5.72. The standard InChI is InChI=1S/C54H84O4/c1-4-6-8-10-12-14-16-18-20-22-24-26-28-30-32-34-52(55)57-46-37-39-47-45(44-46)36-38-49-48(47)42-43-54(3)50(49)40-41-51(54)58-53(56)35-33-31-29-27-25-23-21-19-17-15-13-11-9-7-5-2/h12-15,18-21,37,39,44,48-51H,4-11,16-17,22-36,38,40-43H2,1-3H3/b14-12-,15-13-,20-18-,21-19-/t48-,49-,50+,51+,54+/m1/s1. The van der Waals surface area contributed by atoms with E-state index in [0.717, 1.165) is 77.0 Å². The molecule has 0 heterocycles. The molecule has 0 unspecified atom stereocenters. The van der Waals surface area contributed by atoms with E-state index in [2.05, 4.69) is 81.5 Å². The maximum Gasteiger partial charge on any atom is 0.311 e. The Labute approximate surface area is 356 Å². The fourth-order valence-corrected chi connectivity index (χ4v) is 10.3. The highest BCUT2D eigenvalue weighted by atomic mass is 16.5. The zero-order valence-corrected chi connectivity index (χ0v) is 37.5. The SMILES string of the molecule is CCCCC/C=C\C/C=C\CCCCCCCC(=O)Oc1ccc2c(c1)CC[C@@H]1[C@@H]2CC[C@]2(C)[C@@H](OC(=O)CCCCCCC/C=C\C/C=C\CCCCC)CC[C@@H]12. The maximum atomic E-state index is 13.0. The van der Waals surface area contributed by atoms with Crippen molar-refractivity contribution in [3.05, 3.63) is 77.9 Å². The normalized spacial score (nSPS) is 22.9. The van der Waals surface area contributed by atoms with Crippen molar-refractivity contribution in [3.63, 3.8) is 0 Å². The van der Waals surface area contributed by atoms with Crippen LogP contribution in [0.15, 0.2) is 66.8 Å². The summed E-state index contributed by atoms with van der Waals surface area (Å²) in [4.78, 5) is 25.7. The van der Waals surface area contributed by atoms with Crippen LogP contribution in [-0.4, -0.2) is 18.0 Å². The summed E-state index contributed by atoms with van der Waals surface area (Å²) < 4.78 is 12.1. The molecule has 58 heavy (non-hydrogen) atoms. The molecule has 4 rings (SSSR count). The van der Waals surface area contributed by atoms with Crippen molar-refractivity contribution in [1.29, 1.82) is 0 Å². The van der Waals surface area contributed by atoms with E-state index in [4.69, 9.17) is 9.47 Å². The van der Waals surface area contributed by atoms with E-state index in [1.54, 1.807) is 0 Å². The van der Waals surface area contributed by atoms with Crippen LogP contribution in [0.4, 0.5) is 0 Å². The van der Waals surface area contributed by atoms with Crippen LogP contribution in [0.3, 0.4) is 0 Å². The van der Waals surface area contributed by atoms with Crippen molar-refractivity contribution in [1.82, 2.24) is 0 Å². The number of allylic oxidation sites excluding steroid dienone is 8. The number of ether oxygens (including phenoxy) is 2. The average molecular weight is 797 g/mol. The molecule has 4 nitrogen and oxygen atoms in total. The first kappa shape index (κ1) is 47.8. The van der Waals surface area contributed by atoms with E-state index in [1.165, 1.54) is 114 Å². The molecular weight excluding hydrogens is 713 g/mol. The highest BCUT2D eigenvalue weighted by Crippen LogP contribution is 2.61. The van der Waals surface area contributed by atoms with Gasteiger partial charge in [0.1, 0.15) is 11.9 Å². The number of aryl methyl sites for hydroxylation is 1. The van der Waals surface area contributed by atoms with Gasteiger partial charge in [0.15, 0.2) is 0 Å². The van der Waals surface area contributed by atoms with Crippen molar-refractivity contribution in [2.24, 2.45) is 17.3 Å². The Hall–Kier alpha value is -2.88. The maximum absolute atomic E-state index is 13.0. The first-order valence-electron chi connectivity index (χ1n) is 24.6. The molecule has 0 bridgehead atoms. The molecule has 2 saturated carbocycles. The zero-order chi connectivity index (χ0) is 41.1. The van der Waals surface area contributed by atoms with E-state index in [9.17, 15) is 9.59 Å². The van der Waals surface area contributed by atoms with Crippen LogP contribution in [0, 0.1) is 17.3 Å². The molecule has 324 valence electrons. The number of benzene rings is 1. The first-order chi connectivity index (χ1) is 28.5. The van der Waals surface area contributed by atoms with Crippen LogP contribution >= 0.6 is 0 Å². The van der Waals surface area contributed by atoms with Gasteiger partial charge in [-0.1, -0.05) is 140 Å². The second-order valence-electron chi connectivity index (χ2n) is 18.3. The molecule has 0 saturated heterocycles. The Kier molecular flexibility index (Phi) is 23.5. The van der Waals surface area contributed by atoms with Gasteiger partial charge in [-0.15, -0.1) is 0 Å². The third-order valence-corrected chi connectivity index (χ3v) is 13.8. The van der Waals surface area contributed by atoms with Crippen LogP contribution in [0.5, 0.6) is 5.75 Å². The van der Waals surface area contributed by atoms with Crippen molar-refractivity contribution < 1.29 is 19.1 Å². The van der Waals surface area contributed by atoms with Gasteiger partial charge < -0.3 is 9.47 Å². The van der Waals surface area contributed by atoms with Crippen LogP contribution in [0.2, 0.25) is 0 Å². The van der Waals surface area contributed by atoms with Crippen LogP contribution < -0.4 is 4.74 Å². The highest BCUT2D eigenvalue weighted by Gasteiger charge is 2.56. The fourth-order valence-electron chi connectivity index (χ4n) is 10.3. The molecule has 4 heteroatoms. The van der Waals surface area contributed by atoms with E-state index >= 15 is 0 Å². The number of hydrogen-bond acceptors (Lipinski definition) is 4. The van der Waals surface area contributed by atoms with E-state index in [1.807, 2.05) is 6.07 Å². The Morgan fingerprint density at radius 2 is 1.16 bits per heavy atom. The number of hydrogen-bond donors (Lipinski definition) is 0. The predicted molar refractivity (Wildman–Crippen MR) is 245 cm³/mol. The molecule has 3 aliphatic rings. The molecule has 1 aromatic carbocycles. The lowest BCUT2D eigenvalue weighted by molar-refractivity contribution is -0.157. The second kappa shape index (κ2) is 28.6. The Balaban J connectivity index is 1.06. The summed E-state index contributed by atoms with van der Waals surface area (Å²) in [6.45, 7) is 6.93. The Morgan fingerprint density at radius 1 is 0.621 bits per heavy atom. The smallest absolute Gasteiger partial charge is 0.311 e. The van der Waals surface area contributed by atoms with Gasteiger partial charge in [-0.2, -0.15) is 0 Å². The number of esters is 2. The molecular formula is C54H84O4. The molecule has 5 atom stereocenters. The largest absolute Gasteiger partial charge is 0.462 e. The quantitative estimate of drug-likeness (QED) is 0.0337. The lowest BCUT2D eigenvalue weighted by atomic mass is 9.55. The van der Waals surface area contributed by atoms with Gasteiger partial charge in [-0.05, 0) is 157 Å². The molecule has 0 N–H and O–H groups in total. The second-order valence-corrected chi connectivity index (χ2v) is 18.3. The summed E-state index contributed by atoms with van der Waals surface area (Å²) in [5, 5.41) is 0. The number of unbranched alkanes of at least 4 members (excludes halogenated alkanes) is 16.